The molecule has 0 bridgehead atoms. The summed E-state index contributed by atoms with van der Waals surface area (Å²) in [5, 5.41) is 7.38. The van der Waals surface area contributed by atoms with E-state index in [1.807, 2.05) is 69.2 Å². The molecule has 7 heteroatoms. The average molecular weight is 351 g/mol. The van der Waals surface area contributed by atoms with Gasteiger partial charge in [0.25, 0.3) is 0 Å². The van der Waals surface area contributed by atoms with Crippen LogP contribution in [-0.4, -0.2) is 32.7 Å². The summed E-state index contributed by atoms with van der Waals surface area (Å²) in [6.45, 7) is 20.1. The van der Waals surface area contributed by atoms with Gasteiger partial charge in [0.15, 0.2) is 0 Å². The minimum atomic E-state index is -0.0625. The lowest BCUT2D eigenvalue weighted by atomic mass is 9.81. The Kier molecular flexibility index (Phi) is 14.3. The Labute approximate surface area is 155 Å². The van der Waals surface area contributed by atoms with E-state index in [-0.39, 0.29) is 42.9 Å². The van der Waals surface area contributed by atoms with Crippen molar-refractivity contribution in [2.45, 2.75) is 69.2 Å². The second-order valence-corrected chi connectivity index (χ2v) is 7.20. The number of nitrogens with zero attached hydrogens (tertiary/aromatic N) is 2. The standard InChI is InChI=1S/2C7H12N2O.2C2H6.B/c2*1-7(2,3)5-4-8-9-6(5)10;2*1-2;/h2*4-5H,1-3H3,(H,9,10);2*1-2H3;. The molecule has 0 saturated heterocycles. The van der Waals surface area contributed by atoms with Crippen molar-refractivity contribution in [1.82, 2.24) is 10.9 Å². The minimum absolute atomic E-state index is 0. The van der Waals surface area contributed by atoms with Crippen LogP contribution in [0.2, 0.25) is 0 Å². The SMILES string of the molecule is CC.CC.CC(C)(C)C1C=NNC1=O.CC(C)(C)C1C=NNC1=O.[B]. The first-order valence-corrected chi connectivity index (χ1v) is 8.69. The fraction of sp³-hybridized carbons (Fsp3) is 0.778. The second kappa shape index (κ2) is 12.7. The zero-order chi connectivity index (χ0) is 19.6. The molecule has 2 heterocycles. The molecule has 2 rings (SSSR count). The van der Waals surface area contributed by atoms with Gasteiger partial charge in [-0.05, 0) is 10.8 Å². The van der Waals surface area contributed by atoms with E-state index < -0.39 is 0 Å². The monoisotopic (exact) mass is 351 g/mol. The van der Waals surface area contributed by atoms with Gasteiger partial charge in [0.2, 0.25) is 11.8 Å². The average Bonchev–Trinajstić information content (AvgIpc) is 3.11. The fourth-order valence-electron chi connectivity index (χ4n) is 1.86. The van der Waals surface area contributed by atoms with Crippen molar-refractivity contribution >= 4 is 32.7 Å². The van der Waals surface area contributed by atoms with Crippen LogP contribution in [0.5, 0.6) is 0 Å². The number of carbonyl (C=O) groups excluding carboxylic acids is 2. The molecule has 0 saturated carbocycles. The minimum Gasteiger partial charge on any atom is -0.272 e. The summed E-state index contributed by atoms with van der Waals surface area (Å²) in [5.74, 6) is -0.111. The molecule has 6 nitrogen and oxygen atoms in total. The summed E-state index contributed by atoms with van der Waals surface area (Å²) >= 11 is 0. The van der Waals surface area contributed by atoms with Gasteiger partial charge in [-0.2, -0.15) is 10.2 Å². The van der Waals surface area contributed by atoms with Crippen molar-refractivity contribution in [2.75, 3.05) is 0 Å². The van der Waals surface area contributed by atoms with Crippen LogP contribution in [0.1, 0.15) is 69.2 Å². The molecule has 2 unspecified atom stereocenters. The predicted octanol–water partition coefficient (Wildman–Crippen LogP) is 3.20. The van der Waals surface area contributed by atoms with Crippen molar-refractivity contribution in [1.29, 1.82) is 0 Å². The van der Waals surface area contributed by atoms with Gasteiger partial charge in [-0.15, -0.1) is 0 Å². The van der Waals surface area contributed by atoms with E-state index in [4.69, 9.17) is 0 Å². The maximum atomic E-state index is 11.0. The summed E-state index contributed by atoms with van der Waals surface area (Å²) in [6, 6.07) is 0. The Balaban J connectivity index is -0.000000312. The highest BCUT2D eigenvalue weighted by Gasteiger charge is 2.33. The van der Waals surface area contributed by atoms with Crippen LogP contribution in [0.15, 0.2) is 10.2 Å². The van der Waals surface area contributed by atoms with Gasteiger partial charge in [0, 0.05) is 20.8 Å². The molecule has 2 amide bonds. The predicted molar refractivity (Wildman–Crippen MR) is 108 cm³/mol. The third-order valence-corrected chi connectivity index (χ3v) is 3.23. The molecule has 0 aromatic carbocycles. The van der Waals surface area contributed by atoms with Gasteiger partial charge < -0.3 is 0 Å². The molecular weight excluding hydrogens is 315 g/mol. The fourth-order valence-corrected chi connectivity index (χ4v) is 1.86. The number of carbonyl (C=O) groups is 2. The van der Waals surface area contributed by atoms with E-state index in [1.165, 1.54) is 0 Å². The number of nitrogens with one attached hydrogen (secondary N) is 2. The molecule has 0 aliphatic carbocycles. The van der Waals surface area contributed by atoms with E-state index in [9.17, 15) is 9.59 Å². The smallest absolute Gasteiger partial charge is 0.249 e. The molecule has 3 radical (unpaired) electrons. The van der Waals surface area contributed by atoms with E-state index in [0.29, 0.717) is 0 Å². The zero-order valence-corrected chi connectivity index (χ0v) is 17.6. The van der Waals surface area contributed by atoms with Gasteiger partial charge >= 0.3 is 0 Å². The zero-order valence-electron chi connectivity index (χ0n) is 17.6. The molecule has 2 aliphatic heterocycles. The summed E-state index contributed by atoms with van der Waals surface area (Å²) in [5.41, 5.74) is 4.79. The number of amides is 2. The van der Waals surface area contributed by atoms with E-state index in [1.54, 1.807) is 12.4 Å². The van der Waals surface area contributed by atoms with Crippen LogP contribution in [-0.2, 0) is 9.59 Å². The van der Waals surface area contributed by atoms with Gasteiger partial charge in [-0.3, -0.25) is 9.59 Å². The lowest BCUT2D eigenvalue weighted by molar-refractivity contribution is -0.125. The van der Waals surface area contributed by atoms with Crippen molar-refractivity contribution in [3.63, 3.8) is 0 Å². The Hall–Kier alpha value is -1.66. The molecule has 0 aromatic heterocycles. The number of hydrogen-bond acceptors (Lipinski definition) is 4. The quantitative estimate of drug-likeness (QED) is 0.657. The molecule has 0 spiro atoms. The molecular formula is C18H36BN4O2. The van der Waals surface area contributed by atoms with Crippen LogP contribution < -0.4 is 10.9 Å². The second-order valence-electron chi connectivity index (χ2n) is 7.20. The van der Waals surface area contributed by atoms with Gasteiger partial charge in [-0.1, -0.05) is 69.2 Å². The number of rotatable bonds is 0. The van der Waals surface area contributed by atoms with Crippen LogP contribution in [0.25, 0.3) is 0 Å². The van der Waals surface area contributed by atoms with Crippen LogP contribution in [0, 0.1) is 22.7 Å². The Bertz CT molecular complexity index is 407. The van der Waals surface area contributed by atoms with Crippen LogP contribution >= 0.6 is 0 Å². The molecule has 143 valence electrons. The number of hydrogen-bond donors (Lipinski definition) is 2. The Morgan fingerprint density at radius 1 is 0.720 bits per heavy atom. The maximum Gasteiger partial charge on any atom is 0.249 e. The Morgan fingerprint density at radius 2 is 0.960 bits per heavy atom. The lowest BCUT2D eigenvalue weighted by Crippen LogP contribution is -2.30. The van der Waals surface area contributed by atoms with Crippen LogP contribution in [0.3, 0.4) is 0 Å². The van der Waals surface area contributed by atoms with Gasteiger partial charge in [-0.25, -0.2) is 10.9 Å². The highest BCUT2D eigenvalue weighted by atomic mass is 16.2. The summed E-state index contributed by atoms with van der Waals surface area (Å²) < 4.78 is 0. The molecule has 25 heavy (non-hydrogen) atoms. The lowest BCUT2D eigenvalue weighted by Gasteiger charge is -2.21. The number of hydrazone groups is 2. The third kappa shape index (κ3) is 10.0. The summed E-state index contributed by atoms with van der Waals surface area (Å²) in [7, 11) is 0. The van der Waals surface area contributed by atoms with Gasteiger partial charge in [0.1, 0.15) is 0 Å². The first kappa shape index (κ1) is 28.2. The topological polar surface area (TPSA) is 82.9 Å². The summed E-state index contributed by atoms with van der Waals surface area (Å²) in [4.78, 5) is 22.0. The highest BCUT2D eigenvalue weighted by molar-refractivity contribution is 5.98. The van der Waals surface area contributed by atoms with Crippen molar-refractivity contribution < 1.29 is 9.59 Å². The normalized spacial score (nSPS) is 20.6. The molecule has 2 atom stereocenters. The summed E-state index contributed by atoms with van der Waals surface area (Å²) in [6.07, 6.45) is 3.34. The molecule has 0 aromatic rings. The van der Waals surface area contributed by atoms with Crippen molar-refractivity contribution in [2.24, 2.45) is 32.9 Å². The van der Waals surface area contributed by atoms with Crippen LogP contribution in [0.4, 0.5) is 0 Å². The first-order valence-electron chi connectivity index (χ1n) is 8.69. The molecule has 0 fully saturated rings. The Morgan fingerprint density at radius 3 is 1.04 bits per heavy atom. The third-order valence-electron chi connectivity index (χ3n) is 3.23. The van der Waals surface area contributed by atoms with E-state index in [0.717, 1.165) is 0 Å². The maximum absolute atomic E-state index is 11.0. The van der Waals surface area contributed by atoms with Crippen molar-refractivity contribution in [3.05, 3.63) is 0 Å². The largest absolute Gasteiger partial charge is 0.272 e. The van der Waals surface area contributed by atoms with Crippen molar-refractivity contribution in [3.8, 4) is 0 Å². The van der Waals surface area contributed by atoms with E-state index in [2.05, 4.69) is 21.1 Å². The first-order chi connectivity index (χ1) is 11.0. The van der Waals surface area contributed by atoms with E-state index >= 15 is 0 Å². The highest BCUT2D eigenvalue weighted by Crippen LogP contribution is 2.26. The molecule has 2 aliphatic rings. The molecule has 2 N–H and O–H groups in total. The van der Waals surface area contributed by atoms with Gasteiger partial charge in [0.05, 0.1) is 11.8 Å².